The summed E-state index contributed by atoms with van der Waals surface area (Å²) in [5.41, 5.74) is -1.54. The van der Waals surface area contributed by atoms with Gasteiger partial charge in [0, 0.05) is 42.6 Å². The number of alkyl carbamates (subject to hydrolysis) is 2. The van der Waals surface area contributed by atoms with Crippen LogP contribution in [0.25, 0.3) is 11.2 Å². The first-order valence-corrected chi connectivity index (χ1v) is 23.3. The fraction of sp³-hybridized carbons (Fsp3) is 0.545. The first kappa shape index (κ1) is 48.4. The number of imidazole rings is 1. The Balaban J connectivity index is 0.903. The Morgan fingerprint density at radius 2 is 1.67 bits per heavy atom. The number of methoxy groups -OCH3 is 1. The number of hydrogen-bond acceptors (Lipinski definition) is 14. The number of H-pyrrole nitrogens is 2. The number of nitrogens with one attached hydrogen (secondary N) is 6. The summed E-state index contributed by atoms with van der Waals surface area (Å²) in [6.07, 6.45) is -10.5. The highest BCUT2D eigenvalue weighted by molar-refractivity contribution is 5.73. The van der Waals surface area contributed by atoms with E-state index in [-0.39, 0.29) is 89.8 Å². The van der Waals surface area contributed by atoms with Crippen LogP contribution in [-0.4, -0.2) is 112 Å². The zero-order chi connectivity index (χ0) is 51.2. The number of carbonyl (C=O) groups excluding carboxylic acids is 2. The normalized spacial score (nSPS) is 26.1. The number of aromatic nitrogens is 10. The molecular weight excluding hydrogens is 989 g/mol. The molecule has 390 valence electrons. The highest BCUT2D eigenvalue weighted by Crippen LogP contribution is 2.57. The predicted octanol–water partition coefficient (Wildman–Crippen LogP) is 6.77. The summed E-state index contributed by atoms with van der Waals surface area (Å²) in [5, 5.41) is 26.0. The maximum Gasteiger partial charge on any atom is 0.522 e. The zero-order valence-electron chi connectivity index (χ0n) is 38.7. The van der Waals surface area contributed by atoms with Crippen molar-refractivity contribution in [3.05, 3.63) is 70.8 Å². The molecule has 5 aliphatic carbocycles. The number of fused-ring (bicyclic) bond motifs is 2. The van der Waals surface area contributed by atoms with Crippen molar-refractivity contribution in [3.63, 3.8) is 0 Å². The molecule has 0 aromatic carbocycles. The molecule has 6 atom stereocenters. The van der Waals surface area contributed by atoms with Gasteiger partial charge < -0.3 is 34.9 Å². The first-order chi connectivity index (χ1) is 34.7. The molecule has 6 N–H and O–H groups in total. The summed E-state index contributed by atoms with van der Waals surface area (Å²) >= 11 is 0. The molecular formula is C44H47F8N14O7+. The van der Waals surface area contributed by atoms with Crippen molar-refractivity contribution in [1.82, 2.24) is 54.9 Å². The van der Waals surface area contributed by atoms with E-state index in [1.54, 1.807) is 0 Å². The summed E-state index contributed by atoms with van der Waals surface area (Å²) in [4.78, 5) is 38.3. The summed E-state index contributed by atoms with van der Waals surface area (Å²) in [5.74, 6) is -0.231. The van der Waals surface area contributed by atoms with E-state index < -0.39 is 84.7 Å². The van der Waals surface area contributed by atoms with E-state index in [0.29, 0.717) is 17.8 Å². The molecule has 2 amide bonds. The lowest BCUT2D eigenvalue weighted by molar-refractivity contribution is -0.730. The molecule has 6 aliphatic rings. The lowest BCUT2D eigenvalue weighted by Crippen LogP contribution is -2.68. The van der Waals surface area contributed by atoms with Crippen LogP contribution in [0.1, 0.15) is 97.9 Å². The van der Waals surface area contributed by atoms with Gasteiger partial charge in [0.1, 0.15) is 41.8 Å². The van der Waals surface area contributed by atoms with E-state index in [1.165, 1.54) is 46.9 Å². The number of rotatable bonds is 16. The van der Waals surface area contributed by atoms with Crippen LogP contribution in [0, 0.1) is 5.92 Å². The molecule has 21 nitrogen and oxygen atoms in total. The zero-order valence-corrected chi connectivity index (χ0v) is 38.7. The Kier molecular flexibility index (Phi) is 11.9. The van der Waals surface area contributed by atoms with E-state index >= 15 is 8.78 Å². The van der Waals surface area contributed by atoms with Gasteiger partial charge in [-0.25, -0.2) is 52.7 Å². The summed E-state index contributed by atoms with van der Waals surface area (Å²) in [6.45, 7) is 0.257. The summed E-state index contributed by atoms with van der Waals surface area (Å²) in [6, 6.07) is 4.23. The van der Waals surface area contributed by atoms with Crippen molar-refractivity contribution in [2.45, 2.75) is 132 Å². The minimum atomic E-state index is -4.99. The Morgan fingerprint density at radius 1 is 0.904 bits per heavy atom. The molecule has 0 spiro atoms. The number of alkyl halides is 8. The lowest BCUT2D eigenvalue weighted by Gasteiger charge is -2.61. The molecule has 6 fully saturated rings. The van der Waals surface area contributed by atoms with Crippen LogP contribution in [0.3, 0.4) is 0 Å². The molecule has 12 rings (SSSR count). The molecule has 29 heteroatoms. The molecule has 6 aromatic rings. The topological polar surface area (TPSA) is 237 Å². The minimum Gasteiger partial charge on any atom is -0.443 e. The predicted molar refractivity (Wildman–Crippen MR) is 233 cm³/mol. The largest absolute Gasteiger partial charge is 0.522 e. The summed E-state index contributed by atoms with van der Waals surface area (Å²) in [7, 11) is 1.35. The number of nitrogens with zero attached hydrogens (tertiary/aromatic N) is 8. The average molecular weight is 1040 g/mol. The van der Waals surface area contributed by atoms with E-state index in [0.717, 1.165) is 36.5 Å². The number of halogens is 8. The van der Waals surface area contributed by atoms with E-state index in [9.17, 15) is 35.9 Å². The standard InChI is InChI=1S/C44H46F8N14O7/c1-41(5-6-41)58-39(67)73-30-19-70-35(34(30)46)27-8-31(61-60-27)56-36-28-7-21(18-71-44(50,51)52)62-65(28)15-22(54-36)16-66-32(57-38-53-13-25(43(47,48)49)37-55-23(17-69-2)14-64(37)38)9-26(63-66)24-3-4-29(33(24)45)72-40(68)59-42-10-20(11-42)12-42/h7-9,13-15,20,24,29-30,33-35H,3-6,10-12,16-19H2,1-2H3,(H5,53,54,55,56,57,58,59,60,61,62,63,67,68)/p+1/t20?,24-,29-,30+,33+,34-,35+,42?/m1/s1. The number of hydrogen-bond donors (Lipinski definition) is 6. The fourth-order valence-electron chi connectivity index (χ4n) is 9.91. The van der Waals surface area contributed by atoms with Crippen molar-refractivity contribution >= 4 is 46.8 Å². The third kappa shape index (κ3) is 9.87. The van der Waals surface area contributed by atoms with Crippen molar-refractivity contribution in [2.24, 2.45) is 5.92 Å². The highest BCUT2D eigenvalue weighted by atomic mass is 19.4. The SMILES string of the molecule is COCc1cn2c(Nc3cc([C@H]4CC[C@@H](OC(=O)NC56CC(C5)C6)[C@H]4F)[nH][n+]3Cc3cn4nc(COC(F)(F)F)cc4c(Nc4cc([C@@H]5OC[C@H](OC(=O)NC6(C)CC6)[C@H]5F)[nH]n4)n3)ncc(C(F)(F)F)c2n1. The van der Waals surface area contributed by atoms with Crippen LogP contribution in [0.4, 0.5) is 68.1 Å². The van der Waals surface area contributed by atoms with Gasteiger partial charge in [0.15, 0.2) is 36.1 Å². The highest BCUT2D eigenvalue weighted by Gasteiger charge is 2.58. The molecule has 6 aromatic heterocycles. The molecule has 7 heterocycles. The Bertz CT molecular complexity index is 3060. The Morgan fingerprint density at radius 3 is 2.38 bits per heavy atom. The third-order valence-corrected chi connectivity index (χ3v) is 13.9. The van der Waals surface area contributed by atoms with Gasteiger partial charge in [0.25, 0.3) is 0 Å². The monoisotopic (exact) mass is 1040 g/mol. The van der Waals surface area contributed by atoms with Gasteiger partial charge in [0.05, 0.1) is 48.3 Å². The van der Waals surface area contributed by atoms with E-state index in [1.807, 2.05) is 6.92 Å². The molecule has 1 saturated heterocycles. The Hall–Kier alpha value is -6.88. The smallest absolute Gasteiger partial charge is 0.443 e. The molecule has 2 bridgehead atoms. The van der Waals surface area contributed by atoms with Crippen molar-refractivity contribution in [2.75, 3.05) is 24.4 Å². The Labute approximate surface area is 407 Å². The van der Waals surface area contributed by atoms with Gasteiger partial charge in [-0.3, -0.25) is 9.84 Å². The molecule has 0 unspecified atom stereocenters. The fourth-order valence-corrected chi connectivity index (χ4v) is 9.91. The van der Waals surface area contributed by atoms with Crippen LogP contribution < -0.4 is 25.9 Å². The second-order valence-electron chi connectivity index (χ2n) is 19.6. The minimum absolute atomic E-state index is 0.00858. The van der Waals surface area contributed by atoms with Gasteiger partial charge in [-0.2, -0.15) is 28.1 Å². The van der Waals surface area contributed by atoms with Crippen LogP contribution in [0.2, 0.25) is 0 Å². The number of aromatic amines is 2. The average Bonchev–Trinajstić information content (AvgIpc) is 3.99. The van der Waals surface area contributed by atoms with Gasteiger partial charge in [-0.05, 0) is 63.9 Å². The van der Waals surface area contributed by atoms with Crippen LogP contribution in [-0.2, 0) is 49.6 Å². The van der Waals surface area contributed by atoms with Crippen molar-refractivity contribution in [3.8, 4) is 0 Å². The number of ether oxygens (including phenoxy) is 5. The third-order valence-electron chi connectivity index (χ3n) is 13.9. The number of anilines is 4. The first-order valence-electron chi connectivity index (χ1n) is 23.3. The van der Waals surface area contributed by atoms with Gasteiger partial charge in [-0.15, -0.1) is 13.2 Å². The number of amides is 2. The van der Waals surface area contributed by atoms with E-state index in [2.05, 4.69) is 56.4 Å². The van der Waals surface area contributed by atoms with Gasteiger partial charge in [-0.1, -0.05) is 0 Å². The molecule has 5 saturated carbocycles. The molecule has 73 heavy (non-hydrogen) atoms. The van der Waals surface area contributed by atoms with Crippen molar-refractivity contribution < 1.29 is 73.1 Å². The summed E-state index contributed by atoms with van der Waals surface area (Å²) < 4.78 is 144. The molecule has 0 radical (unpaired) electrons. The second kappa shape index (κ2) is 18.0. The van der Waals surface area contributed by atoms with Gasteiger partial charge in [0.2, 0.25) is 0 Å². The maximum atomic E-state index is 16.4. The van der Waals surface area contributed by atoms with Crippen LogP contribution in [0.5, 0.6) is 0 Å². The lowest BCUT2D eigenvalue weighted by atomic mass is 9.50. The number of carbonyl (C=O) groups is 2. The van der Waals surface area contributed by atoms with Crippen molar-refractivity contribution in [1.29, 1.82) is 0 Å². The quantitative estimate of drug-likeness (QED) is 0.0434. The van der Waals surface area contributed by atoms with Crippen LogP contribution >= 0.6 is 0 Å². The maximum absolute atomic E-state index is 16.4. The van der Waals surface area contributed by atoms with E-state index in [4.69, 9.17) is 23.9 Å². The van der Waals surface area contributed by atoms with Gasteiger partial charge >= 0.3 is 36.5 Å². The van der Waals surface area contributed by atoms with Crippen LogP contribution in [0.15, 0.2) is 36.8 Å². The second-order valence-corrected chi connectivity index (χ2v) is 19.6. The molecule has 1 aliphatic heterocycles.